The Kier molecular flexibility index (Phi) is 7.30. The van der Waals surface area contributed by atoms with Crippen LogP contribution in [0.4, 0.5) is 0 Å². The van der Waals surface area contributed by atoms with E-state index in [1.807, 2.05) is 0 Å². The Morgan fingerprint density at radius 1 is 1.06 bits per heavy atom. The number of aliphatic hydroxyl groups excluding tert-OH is 2. The summed E-state index contributed by atoms with van der Waals surface area (Å²) < 4.78 is 0. The van der Waals surface area contributed by atoms with Crippen molar-refractivity contribution in [2.45, 2.75) is 104 Å². The van der Waals surface area contributed by atoms with Gasteiger partial charge in [0.25, 0.3) is 0 Å². The lowest BCUT2D eigenvalue weighted by molar-refractivity contribution is -0.174. The number of hydrogen-bond acceptors (Lipinski definition) is 4. The van der Waals surface area contributed by atoms with E-state index in [1.165, 1.54) is 25.7 Å². The molecule has 4 saturated carbocycles. The van der Waals surface area contributed by atoms with E-state index in [0.29, 0.717) is 55.0 Å². The van der Waals surface area contributed by atoms with Gasteiger partial charge >= 0.3 is 0 Å². The molecule has 10 atom stereocenters. The highest BCUT2D eigenvalue weighted by Crippen LogP contribution is 2.68. The van der Waals surface area contributed by atoms with Gasteiger partial charge in [-0.1, -0.05) is 20.8 Å². The summed E-state index contributed by atoms with van der Waals surface area (Å²) in [6.45, 7) is 8.65. The van der Waals surface area contributed by atoms with Crippen LogP contribution in [0.15, 0.2) is 0 Å². The van der Waals surface area contributed by atoms with E-state index < -0.39 is 0 Å². The predicted octanol–water partition coefficient (Wildman–Crippen LogP) is 3.86. The number of fused-ring (bicyclic) bond motifs is 5. The van der Waals surface area contributed by atoms with Crippen LogP contribution >= 0.6 is 0 Å². The molecule has 1 amide bonds. The van der Waals surface area contributed by atoms with Crippen LogP contribution in [0, 0.1) is 46.3 Å². The van der Waals surface area contributed by atoms with Crippen LogP contribution in [0.2, 0.25) is 0 Å². The largest absolute Gasteiger partial charge is 0.393 e. The molecule has 4 rings (SSSR count). The number of amides is 1. The molecule has 0 spiro atoms. The van der Waals surface area contributed by atoms with E-state index in [-0.39, 0.29) is 28.9 Å². The van der Waals surface area contributed by atoms with E-state index in [2.05, 4.69) is 26.1 Å². The summed E-state index contributed by atoms with van der Waals surface area (Å²) in [5, 5.41) is 24.6. The predicted molar refractivity (Wildman–Crippen MR) is 128 cm³/mol. The van der Waals surface area contributed by atoms with Crippen molar-refractivity contribution in [1.29, 1.82) is 0 Å². The maximum Gasteiger partial charge on any atom is 0.220 e. The molecule has 5 N–H and O–H groups in total. The van der Waals surface area contributed by atoms with Gasteiger partial charge in [0.2, 0.25) is 5.91 Å². The minimum atomic E-state index is -0.213. The van der Waals surface area contributed by atoms with Gasteiger partial charge in [0, 0.05) is 13.0 Å². The van der Waals surface area contributed by atoms with Crippen molar-refractivity contribution in [1.82, 2.24) is 5.32 Å². The zero-order valence-corrected chi connectivity index (χ0v) is 20.7. The van der Waals surface area contributed by atoms with Crippen molar-refractivity contribution in [2.24, 2.45) is 52.1 Å². The Morgan fingerprint density at radius 2 is 1.78 bits per heavy atom. The van der Waals surface area contributed by atoms with Gasteiger partial charge < -0.3 is 21.3 Å². The summed E-state index contributed by atoms with van der Waals surface area (Å²) in [6.07, 6.45) is 10.8. The second kappa shape index (κ2) is 9.54. The molecule has 0 bridgehead atoms. The monoisotopic (exact) mass is 448 g/mol. The number of hydrogen-bond donors (Lipinski definition) is 4. The molecule has 32 heavy (non-hydrogen) atoms. The third-order valence-corrected chi connectivity index (χ3v) is 10.9. The second-order valence-corrected chi connectivity index (χ2v) is 12.5. The van der Waals surface area contributed by atoms with Crippen LogP contribution in [0.25, 0.3) is 0 Å². The Morgan fingerprint density at radius 3 is 2.53 bits per heavy atom. The van der Waals surface area contributed by atoms with Gasteiger partial charge in [-0.15, -0.1) is 0 Å². The molecule has 5 nitrogen and oxygen atoms in total. The summed E-state index contributed by atoms with van der Waals surface area (Å²) in [7, 11) is 0. The molecule has 0 aromatic carbocycles. The first-order valence-corrected chi connectivity index (χ1v) is 13.5. The zero-order valence-electron chi connectivity index (χ0n) is 20.7. The highest BCUT2D eigenvalue weighted by atomic mass is 16.3. The summed E-state index contributed by atoms with van der Waals surface area (Å²) in [5.41, 5.74) is 6.10. The average molecular weight is 449 g/mol. The number of carbonyl (C=O) groups excluding carboxylic acids is 1. The summed E-state index contributed by atoms with van der Waals surface area (Å²) in [5.74, 6) is 3.44. The van der Waals surface area contributed by atoms with E-state index >= 15 is 0 Å². The van der Waals surface area contributed by atoms with Crippen molar-refractivity contribution in [2.75, 3.05) is 13.1 Å². The van der Waals surface area contributed by atoms with Gasteiger partial charge in [-0.2, -0.15) is 0 Å². The van der Waals surface area contributed by atoms with Gasteiger partial charge in [-0.3, -0.25) is 4.79 Å². The lowest BCUT2D eigenvalue weighted by atomic mass is 9.43. The minimum Gasteiger partial charge on any atom is -0.393 e. The fourth-order valence-electron chi connectivity index (χ4n) is 9.15. The van der Waals surface area contributed by atoms with Crippen LogP contribution in [0.1, 0.15) is 91.4 Å². The highest BCUT2D eigenvalue weighted by Gasteiger charge is 2.62. The Labute approximate surface area is 195 Å². The molecule has 5 heteroatoms. The third kappa shape index (κ3) is 4.27. The van der Waals surface area contributed by atoms with E-state index in [0.717, 1.165) is 38.5 Å². The standard InChI is InChI=1S/C27H48N2O3/c1-17(5-8-24(32)29-14-4-13-28)20-6-7-21-25-22(10-12-27(20,21)3)26(2)11-9-19(30)15-18(26)16-23(25)31/h17-23,25,30-31H,4-16,28H2,1-3H3,(H,29,32)/t17-,18+,19-,20-,21+,22+,23+,25+,26+,27-/m1/s1. The number of carbonyl (C=O) groups is 1. The van der Waals surface area contributed by atoms with Crippen LogP contribution in [-0.4, -0.2) is 41.4 Å². The van der Waals surface area contributed by atoms with Gasteiger partial charge in [0.05, 0.1) is 12.2 Å². The van der Waals surface area contributed by atoms with Crippen LogP contribution in [0.5, 0.6) is 0 Å². The molecule has 0 saturated heterocycles. The van der Waals surface area contributed by atoms with Gasteiger partial charge in [0.1, 0.15) is 0 Å². The minimum absolute atomic E-state index is 0.162. The van der Waals surface area contributed by atoms with Crippen molar-refractivity contribution in [3.8, 4) is 0 Å². The summed E-state index contributed by atoms with van der Waals surface area (Å²) in [6, 6.07) is 0. The van der Waals surface area contributed by atoms with E-state index in [9.17, 15) is 15.0 Å². The van der Waals surface area contributed by atoms with Crippen LogP contribution in [0.3, 0.4) is 0 Å². The third-order valence-electron chi connectivity index (χ3n) is 10.9. The normalized spacial score (nSPS) is 46.6. The van der Waals surface area contributed by atoms with Gasteiger partial charge in [-0.05, 0) is 117 Å². The molecule has 4 aliphatic carbocycles. The first-order valence-electron chi connectivity index (χ1n) is 13.5. The molecule has 0 heterocycles. The van der Waals surface area contributed by atoms with Crippen LogP contribution < -0.4 is 11.1 Å². The second-order valence-electron chi connectivity index (χ2n) is 12.5. The number of nitrogens with two attached hydrogens (primary N) is 1. The van der Waals surface area contributed by atoms with Crippen molar-refractivity contribution >= 4 is 5.91 Å². The topological polar surface area (TPSA) is 95.6 Å². The summed E-state index contributed by atoms with van der Waals surface area (Å²) in [4.78, 5) is 12.2. The van der Waals surface area contributed by atoms with Crippen molar-refractivity contribution in [3.05, 3.63) is 0 Å². The number of nitrogens with one attached hydrogen (secondary N) is 1. The Balaban J connectivity index is 1.42. The molecule has 0 radical (unpaired) electrons. The van der Waals surface area contributed by atoms with Crippen molar-refractivity contribution in [3.63, 3.8) is 0 Å². The molecule has 0 aromatic heterocycles. The first kappa shape index (κ1) is 24.5. The van der Waals surface area contributed by atoms with Crippen LogP contribution in [-0.2, 0) is 4.79 Å². The van der Waals surface area contributed by atoms with Crippen molar-refractivity contribution < 1.29 is 15.0 Å². The number of aliphatic hydroxyl groups is 2. The molecule has 0 unspecified atom stereocenters. The van der Waals surface area contributed by atoms with E-state index in [4.69, 9.17) is 5.73 Å². The average Bonchev–Trinajstić information content (AvgIpc) is 3.11. The van der Waals surface area contributed by atoms with Gasteiger partial charge in [0.15, 0.2) is 0 Å². The SMILES string of the molecule is C[C@H](CCC(=O)NCCCN)[C@H]1CC[C@H]2[C@@H]3[C@@H](O)C[C@@H]4C[C@H](O)CC[C@]4(C)[C@H]3CC[C@]12C. The number of rotatable bonds is 7. The lowest BCUT2D eigenvalue weighted by Crippen LogP contribution is -2.58. The maximum absolute atomic E-state index is 12.2. The molecule has 0 aromatic rings. The molecule has 4 fully saturated rings. The zero-order chi connectivity index (χ0) is 23.1. The van der Waals surface area contributed by atoms with E-state index in [1.54, 1.807) is 0 Å². The Hall–Kier alpha value is -0.650. The fourth-order valence-corrected chi connectivity index (χ4v) is 9.15. The fraction of sp³-hybridized carbons (Fsp3) is 0.963. The molecule has 0 aliphatic heterocycles. The quantitative estimate of drug-likeness (QED) is 0.445. The molecule has 4 aliphatic rings. The summed E-state index contributed by atoms with van der Waals surface area (Å²) >= 11 is 0. The smallest absolute Gasteiger partial charge is 0.220 e. The van der Waals surface area contributed by atoms with Gasteiger partial charge in [-0.25, -0.2) is 0 Å². The maximum atomic E-state index is 12.2. The highest BCUT2D eigenvalue weighted by molar-refractivity contribution is 5.75. The molecular formula is C27H48N2O3. The Bertz CT molecular complexity index is 671. The molecular weight excluding hydrogens is 400 g/mol. The lowest BCUT2D eigenvalue weighted by Gasteiger charge is -2.62. The first-order chi connectivity index (χ1) is 15.2. The molecule has 184 valence electrons.